The first-order valence-electron chi connectivity index (χ1n) is 5.93. The highest BCUT2D eigenvalue weighted by molar-refractivity contribution is 9.09. The Hall–Kier alpha value is -0.840. The molecular formula is C12H18BrN3O. The Kier molecular flexibility index (Phi) is 3.56. The van der Waals surface area contributed by atoms with Crippen LogP contribution in [0, 0.1) is 12.8 Å². The number of rotatable bonds is 1. The summed E-state index contributed by atoms with van der Waals surface area (Å²) in [6.07, 6.45) is 1.05. The number of alkyl halides is 1. The predicted molar refractivity (Wildman–Crippen MR) is 70.3 cm³/mol. The summed E-state index contributed by atoms with van der Waals surface area (Å²) in [4.78, 5) is 14.6. The number of aryl methyl sites for hydroxylation is 2. The SMILES string of the molecule is Cc1cc(C(=O)N2CCC(C)C(Br)C2)n(C)n1. The Labute approximate surface area is 110 Å². The highest BCUT2D eigenvalue weighted by Crippen LogP contribution is 2.24. The average Bonchev–Trinajstić information content (AvgIpc) is 2.61. The molecule has 17 heavy (non-hydrogen) atoms. The second-order valence-electron chi connectivity index (χ2n) is 4.83. The van der Waals surface area contributed by atoms with E-state index in [0.717, 1.165) is 25.2 Å². The Balaban J connectivity index is 2.13. The average molecular weight is 300 g/mol. The monoisotopic (exact) mass is 299 g/mol. The number of nitrogens with zero attached hydrogens (tertiary/aromatic N) is 3. The summed E-state index contributed by atoms with van der Waals surface area (Å²) < 4.78 is 1.67. The van der Waals surface area contributed by atoms with Crippen LogP contribution in [0.1, 0.15) is 29.5 Å². The van der Waals surface area contributed by atoms with Gasteiger partial charge in [-0.15, -0.1) is 0 Å². The third kappa shape index (κ3) is 2.54. The number of carbonyl (C=O) groups excluding carboxylic acids is 1. The van der Waals surface area contributed by atoms with Crippen molar-refractivity contribution in [2.45, 2.75) is 25.1 Å². The van der Waals surface area contributed by atoms with Crippen LogP contribution in [0.15, 0.2) is 6.07 Å². The molecule has 2 atom stereocenters. The fraction of sp³-hybridized carbons (Fsp3) is 0.667. The quantitative estimate of drug-likeness (QED) is 0.744. The number of likely N-dealkylation sites (tertiary alicyclic amines) is 1. The molecule has 2 unspecified atom stereocenters. The van der Waals surface area contributed by atoms with Crippen molar-refractivity contribution in [3.05, 3.63) is 17.5 Å². The minimum atomic E-state index is 0.0875. The van der Waals surface area contributed by atoms with Gasteiger partial charge in [-0.25, -0.2) is 0 Å². The second-order valence-corrected chi connectivity index (χ2v) is 6.00. The van der Waals surface area contributed by atoms with Gasteiger partial charge in [-0.2, -0.15) is 5.10 Å². The van der Waals surface area contributed by atoms with Gasteiger partial charge in [-0.3, -0.25) is 9.48 Å². The normalized spacial score (nSPS) is 25.1. The van der Waals surface area contributed by atoms with E-state index in [9.17, 15) is 4.79 Å². The lowest BCUT2D eigenvalue weighted by Crippen LogP contribution is -2.44. The maximum absolute atomic E-state index is 12.3. The van der Waals surface area contributed by atoms with Crippen molar-refractivity contribution in [3.8, 4) is 0 Å². The molecule has 1 aliphatic rings. The number of carbonyl (C=O) groups is 1. The minimum Gasteiger partial charge on any atom is -0.336 e. The molecule has 0 N–H and O–H groups in total. The van der Waals surface area contributed by atoms with Gasteiger partial charge in [0, 0.05) is 25.0 Å². The van der Waals surface area contributed by atoms with Gasteiger partial charge in [0.2, 0.25) is 0 Å². The van der Waals surface area contributed by atoms with Gasteiger partial charge in [0.25, 0.3) is 5.91 Å². The maximum Gasteiger partial charge on any atom is 0.272 e. The van der Waals surface area contributed by atoms with E-state index in [1.165, 1.54) is 0 Å². The summed E-state index contributed by atoms with van der Waals surface area (Å²) in [5.74, 6) is 0.719. The molecule has 2 rings (SSSR count). The van der Waals surface area contributed by atoms with E-state index in [1.54, 1.807) is 4.68 Å². The summed E-state index contributed by atoms with van der Waals surface area (Å²) >= 11 is 3.64. The molecule has 94 valence electrons. The van der Waals surface area contributed by atoms with E-state index in [0.29, 0.717) is 16.4 Å². The molecule has 4 nitrogen and oxygen atoms in total. The van der Waals surface area contributed by atoms with Crippen molar-refractivity contribution in [1.82, 2.24) is 14.7 Å². The molecule has 0 saturated carbocycles. The molecule has 0 aliphatic carbocycles. The molecule has 1 saturated heterocycles. The molecular weight excluding hydrogens is 282 g/mol. The lowest BCUT2D eigenvalue weighted by molar-refractivity contribution is 0.0695. The molecule has 2 heterocycles. The zero-order valence-electron chi connectivity index (χ0n) is 10.5. The third-order valence-corrected chi connectivity index (χ3v) is 4.57. The molecule has 0 aromatic carbocycles. The van der Waals surface area contributed by atoms with Crippen LogP contribution >= 0.6 is 15.9 Å². The number of hydrogen-bond donors (Lipinski definition) is 0. The van der Waals surface area contributed by atoms with E-state index < -0.39 is 0 Å². The molecule has 0 spiro atoms. The highest BCUT2D eigenvalue weighted by atomic mass is 79.9. The van der Waals surface area contributed by atoms with Gasteiger partial charge < -0.3 is 4.90 Å². The highest BCUT2D eigenvalue weighted by Gasteiger charge is 2.28. The Morgan fingerprint density at radius 2 is 2.29 bits per heavy atom. The van der Waals surface area contributed by atoms with Crippen LogP contribution in [-0.4, -0.2) is 38.5 Å². The van der Waals surface area contributed by atoms with E-state index in [-0.39, 0.29) is 5.91 Å². The molecule has 0 radical (unpaired) electrons. The van der Waals surface area contributed by atoms with E-state index in [2.05, 4.69) is 28.0 Å². The van der Waals surface area contributed by atoms with Crippen LogP contribution in [-0.2, 0) is 7.05 Å². The van der Waals surface area contributed by atoms with Gasteiger partial charge in [-0.1, -0.05) is 22.9 Å². The maximum atomic E-state index is 12.3. The van der Waals surface area contributed by atoms with Crippen molar-refractivity contribution in [1.29, 1.82) is 0 Å². The minimum absolute atomic E-state index is 0.0875. The second kappa shape index (κ2) is 4.80. The first-order valence-corrected chi connectivity index (χ1v) is 6.84. The molecule has 1 aromatic rings. The van der Waals surface area contributed by atoms with Crippen LogP contribution in [0.25, 0.3) is 0 Å². The van der Waals surface area contributed by atoms with E-state index >= 15 is 0 Å². The zero-order chi connectivity index (χ0) is 12.6. The van der Waals surface area contributed by atoms with Crippen LogP contribution < -0.4 is 0 Å². The van der Waals surface area contributed by atoms with Crippen LogP contribution in [0.5, 0.6) is 0 Å². The predicted octanol–water partition coefficient (Wildman–Crippen LogP) is 1.97. The van der Waals surface area contributed by atoms with Gasteiger partial charge in [0.15, 0.2) is 0 Å². The molecule has 1 aromatic heterocycles. The third-order valence-electron chi connectivity index (χ3n) is 3.37. The molecule has 5 heteroatoms. The largest absolute Gasteiger partial charge is 0.336 e. The van der Waals surface area contributed by atoms with E-state index in [4.69, 9.17) is 0 Å². The fourth-order valence-corrected chi connectivity index (χ4v) is 2.79. The summed E-state index contributed by atoms with van der Waals surface area (Å²) in [6.45, 7) is 5.74. The lowest BCUT2D eigenvalue weighted by Gasteiger charge is -2.34. The molecule has 1 fully saturated rings. The van der Waals surface area contributed by atoms with Gasteiger partial charge in [-0.05, 0) is 25.3 Å². The summed E-state index contributed by atoms with van der Waals surface area (Å²) in [7, 11) is 1.82. The smallest absolute Gasteiger partial charge is 0.272 e. The van der Waals surface area contributed by atoms with Crippen molar-refractivity contribution in [2.75, 3.05) is 13.1 Å². The number of aromatic nitrogens is 2. The van der Waals surface area contributed by atoms with Crippen molar-refractivity contribution < 1.29 is 4.79 Å². The van der Waals surface area contributed by atoms with Gasteiger partial charge in [0.1, 0.15) is 5.69 Å². The van der Waals surface area contributed by atoms with Crippen molar-refractivity contribution >= 4 is 21.8 Å². The van der Waals surface area contributed by atoms with E-state index in [1.807, 2.05) is 24.9 Å². The van der Waals surface area contributed by atoms with Crippen LogP contribution in [0.3, 0.4) is 0 Å². The summed E-state index contributed by atoms with van der Waals surface area (Å²) in [5.41, 5.74) is 1.56. The number of piperidine rings is 1. The standard InChI is InChI=1S/C12H18BrN3O/c1-8-4-5-16(7-10(8)13)12(17)11-6-9(2)14-15(11)3/h6,8,10H,4-5,7H2,1-3H3. The number of halogens is 1. The zero-order valence-corrected chi connectivity index (χ0v) is 12.1. The Morgan fingerprint density at radius 1 is 1.59 bits per heavy atom. The number of hydrogen-bond acceptors (Lipinski definition) is 2. The summed E-state index contributed by atoms with van der Waals surface area (Å²) in [5, 5.41) is 4.22. The topological polar surface area (TPSA) is 38.1 Å². The first kappa shape index (κ1) is 12.6. The fourth-order valence-electron chi connectivity index (χ4n) is 2.18. The van der Waals surface area contributed by atoms with Crippen LogP contribution in [0.4, 0.5) is 0 Å². The van der Waals surface area contributed by atoms with Crippen molar-refractivity contribution in [3.63, 3.8) is 0 Å². The number of amides is 1. The van der Waals surface area contributed by atoms with Gasteiger partial charge in [0.05, 0.1) is 5.69 Å². The van der Waals surface area contributed by atoms with Crippen LogP contribution in [0.2, 0.25) is 0 Å². The molecule has 1 amide bonds. The molecule has 1 aliphatic heterocycles. The Bertz CT molecular complexity index is 429. The summed E-state index contributed by atoms with van der Waals surface area (Å²) in [6, 6.07) is 1.85. The lowest BCUT2D eigenvalue weighted by atomic mass is 9.99. The van der Waals surface area contributed by atoms with Gasteiger partial charge >= 0.3 is 0 Å². The van der Waals surface area contributed by atoms with Crippen molar-refractivity contribution in [2.24, 2.45) is 13.0 Å². The Morgan fingerprint density at radius 3 is 2.82 bits per heavy atom. The first-order chi connectivity index (χ1) is 7.99. The molecule has 0 bridgehead atoms.